The van der Waals surface area contributed by atoms with Crippen LogP contribution in [0.3, 0.4) is 0 Å². The number of rotatable bonds is 4. The van der Waals surface area contributed by atoms with E-state index >= 15 is 0 Å². The Labute approximate surface area is 172 Å². The highest BCUT2D eigenvalue weighted by Gasteiger charge is 2.41. The van der Waals surface area contributed by atoms with E-state index in [1.54, 1.807) is 6.33 Å². The molecule has 0 spiro atoms. The number of aryl methyl sites for hydroxylation is 1. The number of carbonyl (C=O) groups is 1. The van der Waals surface area contributed by atoms with Crippen LogP contribution < -0.4 is 5.32 Å². The predicted octanol–water partition coefficient (Wildman–Crippen LogP) is 3.93. The molecule has 1 aliphatic heterocycles. The Balaban J connectivity index is 1.64. The van der Waals surface area contributed by atoms with Crippen LogP contribution >= 0.6 is 15.9 Å². The number of aromatic nitrogens is 3. The molecular formula is C21H21BrN4O2. The molecule has 144 valence electrons. The van der Waals surface area contributed by atoms with Gasteiger partial charge in [-0.1, -0.05) is 40.2 Å². The summed E-state index contributed by atoms with van der Waals surface area (Å²) in [6, 6.07) is 15.7. The lowest BCUT2D eigenvalue weighted by molar-refractivity contribution is -0.125. The molecule has 7 heteroatoms. The smallest absolute Gasteiger partial charge is 0.235 e. The summed E-state index contributed by atoms with van der Waals surface area (Å²) in [6.45, 7) is 1.14. The normalized spacial score (nSPS) is 15.9. The van der Waals surface area contributed by atoms with Gasteiger partial charge in [-0.05, 0) is 42.7 Å². The maximum Gasteiger partial charge on any atom is 0.235 e. The second kappa shape index (κ2) is 7.85. The second-order valence-electron chi connectivity index (χ2n) is 7.00. The van der Waals surface area contributed by atoms with Gasteiger partial charge in [0.15, 0.2) is 5.82 Å². The van der Waals surface area contributed by atoms with Crippen LogP contribution in [0.2, 0.25) is 0 Å². The summed E-state index contributed by atoms with van der Waals surface area (Å²) in [5, 5.41) is 11.2. The van der Waals surface area contributed by atoms with E-state index in [4.69, 9.17) is 4.74 Å². The Kier molecular flexibility index (Phi) is 5.28. The third kappa shape index (κ3) is 3.59. The number of carbonyl (C=O) groups excluding carboxylic acids is 1. The summed E-state index contributed by atoms with van der Waals surface area (Å²) in [7, 11) is 1.89. The second-order valence-corrected chi connectivity index (χ2v) is 7.92. The molecule has 1 aliphatic rings. The molecule has 1 aromatic heterocycles. The number of hydrogen-bond acceptors (Lipinski definition) is 4. The number of amides is 1. The van der Waals surface area contributed by atoms with Crippen molar-refractivity contribution in [3.63, 3.8) is 0 Å². The summed E-state index contributed by atoms with van der Waals surface area (Å²) in [4.78, 5) is 13.4. The van der Waals surface area contributed by atoms with Crippen LogP contribution in [0.15, 0.2) is 59.3 Å². The largest absolute Gasteiger partial charge is 0.381 e. The van der Waals surface area contributed by atoms with E-state index in [2.05, 4.69) is 31.4 Å². The number of nitrogens with one attached hydrogen (secondary N) is 1. The monoisotopic (exact) mass is 440 g/mol. The molecule has 2 heterocycles. The van der Waals surface area contributed by atoms with Crippen LogP contribution in [0.5, 0.6) is 0 Å². The van der Waals surface area contributed by atoms with Crippen molar-refractivity contribution in [1.29, 1.82) is 0 Å². The Morgan fingerprint density at radius 3 is 2.61 bits per heavy atom. The van der Waals surface area contributed by atoms with Gasteiger partial charge in [0.05, 0.1) is 5.41 Å². The third-order valence-corrected chi connectivity index (χ3v) is 5.80. The van der Waals surface area contributed by atoms with Crippen molar-refractivity contribution in [1.82, 2.24) is 14.8 Å². The lowest BCUT2D eigenvalue weighted by atomic mass is 9.73. The highest BCUT2D eigenvalue weighted by Crippen LogP contribution is 2.37. The fraction of sp³-hybridized carbons (Fsp3) is 0.286. The summed E-state index contributed by atoms with van der Waals surface area (Å²) in [6.07, 6.45) is 2.97. The minimum absolute atomic E-state index is 0.00626. The lowest BCUT2D eigenvalue weighted by Crippen LogP contribution is -2.44. The number of benzene rings is 2. The maximum absolute atomic E-state index is 13.4. The standard InChI is InChI=1S/C21H21BrN4O2/c1-26-14-23-25-19(26)15-3-2-4-18(13-15)24-20(27)21(9-11-28-12-10-21)16-5-7-17(22)8-6-16/h2-8,13-14H,9-12H2,1H3,(H,24,27). The maximum atomic E-state index is 13.4. The topological polar surface area (TPSA) is 69.0 Å². The molecule has 0 aliphatic carbocycles. The highest BCUT2D eigenvalue weighted by atomic mass is 79.9. The van der Waals surface area contributed by atoms with Crippen molar-refractivity contribution in [3.8, 4) is 11.4 Å². The molecule has 0 unspecified atom stereocenters. The van der Waals surface area contributed by atoms with Crippen LogP contribution in [-0.2, 0) is 22.0 Å². The SMILES string of the molecule is Cn1cnnc1-c1cccc(NC(=O)C2(c3ccc(Br)cc3)CCOCC2)c1. The average Bonchev–Trinajstić information content (AvgIpc) is 3.15. The summed E-state index contributed by atoms with van der Waals surface area (Å²) >= 11 is 3.47. The first-order chi connectivity index (χ1) is 13.6. The zero-order chi connectivity index (χ0) is 19.6. The van der Waals surface area contributed by atoms with E-state index in [9.17, 15) is 4.79 Å². The summed E-state index contributed by atoms with van der Waals surface area (Å²) in [5.74, 6) is 0.748. The van der Waals surface area contributed by atoms with Gasteiger partial charge in [-0.25, -0.2) is 0 Å². The van der Waals surface area contributed by atoms with Crippen molar-refractivity contribution < 1.29 is 9.53 Å². The van der Waals surface area contributed by atoms with Crippen molar-refractivity contribution >= 4 is 27.5 Å². The molecule has 1 N–H and O–H groups in total. The van der Waals surface area contributed by atoms with Gasteiger partial charge in [0.25, 0.3) is 0 Å². The molecule has 0 radical (unpaired) electrons. The fourth-order valence-electron chi connectivity index (χ4n) is 3.67. The van der Waals surface area contributed by atoms with Gasteiger partial charge in [-0.3, -0.25) is 4.79 Å². The summed E-state index contributed by atoms with van der Waals surface area (Å²) < 4.78 is 8.39. The van der Waals surface area contributed by atoms with Gasteiger partial charge in [0.2, 0.25) is 5.91 Å². The van der Waals surface area contributed by atoms with Gasteiger partial charge in [0.1, 0.15) is 6.33 Å². The predicted molar refractivity (Wildman–Crippen MR) is 111 cm³/mol. The molecular weight excluding hydrogens is 420 g/mol. The van der Waals surface area contributed by atoms with E-state index in [1.807, 2.05) is 60.1 Å². The van der Waals surface area contributed by atoms with Gasteiger partial charge >= 0.3 is 0 Å². The van der Waals surface area contributed by atoms with Gasteiger partial charge in [-0.2, -0.15) is 0 Å². The van der Waals surface area contributed by atoms with E-state index in [0.717, 1.165) is 27.1 Å². The van der Waals surface area contributed by atoms with Gasteiger partial charge in [-0.15, -0.1) is 10.2 Å². The molecule has 0 atom stereocenters. The molecule has 28 heavy (non-hydrogen) atoms. The molecule has 0 saturated carbocycles. The van der Waals surface area contributed by atoms with Crippen molar-refractivity contribution in [2.75, 3.05) is 18.5 Å². The van der Waals surface area contributed by atoms with Crippen LogP contribution in [0, 0.1) is 0 Å². The van der Waals surface area contributed by atoms with E-state index in [1.165, 1.54) is 0 Å². The van der Waals surface area contributed by atoms with Crippen LogP contribution in [0.25, 0.3) is 11.4 Å². The first kappa shape index (κ1) is 18.8. The van der Waals surface area contributed by atoms with E-state index in [-0.39, 0.29) is 5.91 Å². The van der Waals surface area contributed by atoms with Crippen LogP contribution in [0.1, 0.15) is 18.4 Å². The quantitative estimate of drug-likeness (QED) is 0.666. The molecule has 1 fully saturated rings. The first-order valence-electron chi connectivity index (χ1n) is 9.18. The van der Waals surface area contributed by atoms with Crippen LogP contribution in [0.4, 0.5) is 5.69 Å². The molecule has 6 nitrogen and oxygen atoms in total. The Morgan fingerprint density at radius 2 is 1.93 bits per heavy atom. The van der Waals surface area contributed by atoms with Crippen molar-refractivity contribution in [3.05, 3.63) is 64.9 Å². The fourth-order valence-corrected chi connectivity index (χ4v) is 3.93. The Morgan fingerprint density at radius 1 is 1.18 bits per heavy atom. The van der Waals surface area contributed by atoms with E-state index in [0.29, 0.717) is 26.1 Å². The molecule has 3 aromatic rings. The lowest BCUT2D eigenvalue weighted by Gasteiger charge is -2.36. The average molecular weight is 441 g/mol. The first-order valence-corrected chi connectivity index (χ1v) is 9.97. The third-order valence-electron chi connectivity index (χ3n) is 5.27. The number of halogens is 1. The molecule has 2 aromatic carbocycles. The number of nitrogens with zero attached hydrogens (tertiary/aromatic N) is 3. The minimum Gasteiger partial charge on any atom is -0.381 e. The zero-order valence-electron chi connectivity index (χ0n) is 15.6. The zero-order valence-corrected chi connectivity index (χ0v) is 17.1. The van der Waals surface area contributed by atoms with Gasteiger partial charge < -0.3 is 14.6 Å². The summed E-state index contributed by atoms with van der Waals surface area (Å²) in [5.41, 5.74) is 2.07. The van der Waals surface area contributed by atoms with Gasteiger partial charge in [0, 0.05) is 36.0 Å². The molecule has 1 saturated heterocycles. The minimum atomic E-state index is -0.597. The number of hydrogen-bond donors (Lipinski definition) is 1. The van der Waals surface area contributed by atoms with Crippen molar-refractivity contribution in [2.24, 2.45) is 7.05 Å². The molecule has 0 bridgehead atoms. The highest BCUT2D eigenvalue weighted by molar-refractivity contribution is 9.10. The van der Waals surface area contributed by atoms with E-state index < -0.39 is 5.41 Å². The van der Waals surface area contributed by atoms with Crippen molar-refractivity contribution in [2.45, 2.75) is 18.3 Å². The Hall–Kier alpha value is -2.51. The molecule has 1 amide bonds. The number of ether oxygens (including phenoxy) is 1. The Bertz CT molecular complexity index is 978. The van der Waals surface area contributed by atoms with Crippen LogP contribution in [-0.4, -0.2) is 33.9 Å². The molecule has 4 rings (SSSR count). The number of anilines is 1.